The maximum atomic E-state index is 13.4. The topological polar surface area (TPSA) is 26.3 Å². The first-order chi connectivity index (χ1) is 8.70. The van der Waals surface area contributed by atoms with Gasteiger partial charge in [0.15, 0.2) is 6.29 Å². The van der Waals surface area contributed by atoms with E-state index in [1.165, 1.54) is 12.1 Å². The number of carbonyl (C=O) groups is 1. The lowest BCUT2D eigenvalue weighted by Gasteiger charge is -2.15. The molecular weight excluding hydrogens is 231 g/mol. The minimum atomic E-state index is -0.567. The summed E-state index contributed by atoms with van der Waals surface area (Å²) in [7, 11) is 0. The van der Waals surface area contributed by atoms with E-state index in [9.17, 15) is 9.18 Å². The van der Waals surface area contributed by atoms with E-state index in [1.54, 1.807) is 6.07 Å². The molecule has 0 saturated carbocycles. The molecule has 1 atom stereocenters. The molecule has 0 saturated heterocycles. The maximum Gasteiger partial charge on any atom is 0.152 e. The van der Waals surface area contributed by atoms with Gasteiger partial charge in [0.05, 0.1) is 5.56 Å². The Balaban J connectivity index is 2.15. The first-order valence-corrected chi connectivity index (χ1v) is 5.67. The first-order valence-electron chi connectivity index (χ1n) is 5.67. The molecule has 0 radical (unpaired) electrons. The molecular formula is C15H13FO2. The lowest BCUT2D eigenvalue weighted by Crippen LogP contribution is -2.03. The highest BCUT2D eigenvalue weighted by Gasteiger charge is 2.08. The molecule has 0 aliphatic heterocycles. The molecule has 0 fully saturated rings. The van der Waals surface area contributed by atoms with Crippen LogP contribution in [0.1, 0.15) is 28.9 Å². The van der Waals surface area contributed by atoms with Crippen molar-refractivity contribution in [1.82, 2.24) is 0 Å². The van der Waals surface area contributed by atoms with Crippen molar-refractivity contribution in [3.05, 3.63) is 65.5 Å². The molecule has 0 aliphatic carbocycles. The number of halogens is 1. The second-order valence-corrected chi connectivity index (χ2v) is 3.97. The maximum absolute atomic E-state index is 13.4. The molecule has 2 aromatic rings. The van der Waals surface area contributed by atoms with Crippen LogP contribution >= 0.6 is 0 Å². The number of benzene rings is 2. The van der Waals surface area contributed by atoms with Gasteiger partial charge in [-0.2, -0.15) is 0 Å². The number of hydrogen-bond donors (Lipinski definition) is 0. The van der Waals surface area contributed by atoms with Crippen molar-refractivity contribution >= 4 is 6.29 Å². The van der Waals surface area contributed by atoms with Crippen LogP contribution in [-0.4, -0.2) is 6.29 Å². The first kappa shape index (κ1) is 12.3. The van der Waals surface area contributed by atoms with E-state index in [2.05, 4.69) is 0 Å². The van der Waals surface area contributed by atoms with E-state index < -0.39 is 5.82 Å². The summed E-state index contributed by atoms with van der Waals surface area (Å²) >= 11 is 0. The normalized spacial score (nSPS) is 11.9. The Hall–Kier alpha value is -2.16. The van der Waals surface area contributed by atoms with Gasteiger partial charge in [0.25, 0.3) is 0 Å². The third-order valence-electron chi connectivity index (χ3n) is 2.68. The minimum absolute atomic E-state index is 0.0368. The van der Waals surface area contributed by atoms with Crippen LogP contribution in [0.25, 0.3) is 0 Å². The molecule has 0 heterocycles. The Labute approximate surface area is 105 Å². The third kappa shape index (κ3) is 2.74. The summed E-state index contributed by atoms with van der Waals surface area (Å²) in [6.07, 6.45) is 0.312. The summed E-state index contributed by atoms with van der Waals surface area (Å²) in [5.41, 5.74) is 1.05. The summed E-state index contributed by atoms with van der Waals surface area (Å²) < 4.78 is 19.0. The molecule has 92 valence electrons. The van der Waals surface area contributed by atoms with E-state index in [0.717, 1.165) is 5.56 Å². The summed E-state index contributed by atoms with van der Waals surface area (Å²) in [6, 6.07) is 13.9. The number of ether oxygens (including phenoxy) is 1. The van der Waals surface area contributed by atoms with E-state index in [-0.39, 0.29) is 11.7 Å². The van der Waals surface area contributed by atoms with Crippen LogP contribution in [-0.2, 0) is 0 Å². The molecule has 0 spiro atoms. The highest BCUT2D eigenvalue weighted by molar-refractivity contribution is 5.75. The van der Waals surface area contributed by atoms with Crippen molar-refractivity contribution in [1.29, 1.82) is 0 Å². The van der Waals surface area contributed by atoms with Crippen LogP contribution in [0.5, 0.6) is 5.75 Å². The quantitative estimate of drug-likeness (QED) is 0.765. The van der Waals surface area contributed by atoms with Crippen LogP contribution in [0, 0.1) is 5.82 Å². The molecule has 1 unspecified atom stereocenters. The fourth-order valence-corrected chi connectivity index (χ4v) is 1.67. The number of carbonyl (C=O) groups excluding carboxylic acids is 1. The zero-order valence-electron chi connectivity index (χ0n) is 9.97. The molecule has 2 aromatic carbocycles. The number of hydrogen-bond acceptors (Lipinski definition) is 2. The van der Waals surface area contributed by atoms with Gasteiger partial charge in [0, 0.05) is 6.07 Å². The highest BCUT2D eigenvalue weighted by Crippen LogP contribution is 2.23. The van der Waals surface area contributed by atoms with Crippen LogP contribution in [0.3, 0.4) is 0 Å². The molecule has 0 N–H and O–H groups in total. The van der Waals surface area contributed by atoms with Gasteiger partial charge in [-0.15, -0.1) is 0 Å². The largest absolute Gasteiger partial charge is 0.486 e. The Bertz CT molecular complexity index is 537. The van der Waals surface area contributed by atoms with Crippen molar-refractivity contribution in [2.24, 2.45) is 0 Å². The lowest BCUT2D eigenvalue weighted by atomic mass is 10.1. The van der Waals surface area contributed by atoms with Crippen molar-refractivity contribution in [2.75, 3.05) is 0 Å². The SMILES string of the molecule is CC(Oc1ccc(C=O)c(F)c1)c1ccccc1. The van der Waals surface area contributed by atoms with Gasteiger partial charge >= 0.3 is 0 Å². The molecule has 0 amide bonds. The monoisotopic (exact) mass is 244 g/mol. The Morgan fingerprint density at radius 3 is 2.50 bits per heavy atom. The average Bonchev–Trinajstić information content (AvgIpc) is 2.40. The fraction of sp³-hybridized carbons (Fsp3) is 0.133. The number of rotatable bonds is 4. The molecule has 0 aliphatic rings. The summed E-state index contributed by atoms with van der Waals surface area (Å²) in [4.78, 5) is 10.5. The second-order valence-electron chi connectivity index (χ2n) is 3.97. The Morgan fingerprint density at radius 2 is 1.89 bits per heavy atom. The lowest BCUT2D eigenvalue weighted by molar-refractivity contribution is 0.111. The van der Waals surface area contributed by atoms with Gasteiger partial charge in [-0.05, 0) is 24.6 Å². The van der Waals surface area contributed by atoms with Gasteiger partial charge < -0.3 is 4.74 Å². The second kappa shape index (κ2) is 5.45. The van der Waals surface area contributed by atoms with Crippen molar-refractivity contribution in [3.8, 4) is 5.75 Å². The third-order valence-corrected chi connectivity index (χ3v) is 2.68. The predicted molar refractivity (Wildman–Crippen MR) is 67.3 cm³/mol. The molecule has 2 nitrogen and oxygen atoms in total. The molecule has 0 aromatic heterocycles. The molecule has 3 heteroatoms. The number of aldehydes is 1. The van der Waals surface area contributed by atoms with Crippen molar-refractivity contribution in [2.45, 2.75) is 13.0 Å². The summed E-state index contributed by atoms with van der Waals surface area (Å²) in [5.74, 6) is -0.155. The molecule has 18 heavy (non-hydrogen) atoms. The van der Waals surface area contributed by atoms with Crippen LogP contribution in [0.15, 0.2) is 48.5 Å². The standard InChI is InChI=1S/C15H13FO2/c1-11(12-5-3-2-4-6-12)18-14-8-7-13(10-17)15(16)9-14/h2-11H,1H3. The van der Waals surface area contributed by atoms with E-state index in [0.29, 0.717) is 12.0 Å². The van der Waals surface area contributed by atoms with Gasteiger partial charge in [0.1, 0.15) is 17.7 Å². The van der Waals surface area contributed by atoms with E-state index >= 15 is 0 Å². The summed E-state index contributed by atoms with van der Waals surface area (Å²) in [6.45, 7) is 1.89. The molecule has 2 rings (SSSR count). The van der Waals surface area contributed by atoms with Crippen LogP contribution in [0.2, 0.25) is 0 Å². The van der Waals surface area contributed by atoms with E-state index in [1.807, 2.05) is 37.3 Å². The highest BCUT2D eigenvalue weighted by atomic mass is 19.1. The predicted octanol–water partition coefficient (Wildman–Crippen LogP) is 3.78. The van der Waals surface area contributed by atoms with Crippen molar-refractivity contribution in [3.63, 3.8) is 0 Å². The van der Waals surface area contributed by atoms with Gasteiger partial charge in [0.2, 0.25) is 0 Å². The Morgan fingerprint density at radius 1 is 1.17 bits per heavy atom. The van der Waals surface area contributed by atoms with Crippen LogP contribution < -0.4 is 4.74 Å². The minimum Gasteiger partial charge on any atom is -0.486 e. The van der Waals surface area contributed by atoms with Gasteiger partial charge in [-0.3, -0.25) is 4.79 Å². The van der Waals surface area contributed by atoms with Gasteiger partial charge in [-0.25, -0.2) is 4.39 Å². The average molecular weight is 244 g/mol. The zero-order valence-corrected chi connectivity index (χ0v) is 9.97. The smallest absolute Gasteiger partial charge is 0.152 e. The molecule has 0 bridgehead atoms. The Kier molecular flexibility index (Phi) is 3.72. The summed E-state index contributed by atoms with van der Waals surface area (Å²) in [5, 5.41) is 0. The van der Waals surface area contributed by atoms with Crippen LogP contribution in [0.4, 0.5) is 4.39 Å². The van der Waals surface area contributed by atoms with Gasteiger partial charge in [-0.1, -0.05) is 30.3 Å². The fourth-order valence-electron chi connectivity index (χ4n) is 1.67. The van der Waals surface area contributed by atoms with Crippen molar-refractivity contribution < 1.29 is 13.9 Å². The zero-order chi connectivity index (χ0) is 13.0. The van der Waals surface area contributed by atoms with E-state index in [4.69, 9.17) is 4.74 Å².